The highest BCUT2D eigenvalue weighted by Crippen LogP contribution is 2.24. The molecule has 1 aromatic carbocycles. The highest BCUT2D eigenvalue weighted by atomic mass is 16.2. The molecule has 144 valence electrons. The smallest absolute Gasteiger partial charge is 0.315 e. The van der Waals surface area contributed by atoms with Gasteiger partial charge in [0.2, 0.25) is 5.91 Å². The van der Waals surface area contributed by atoms with E-state index < -0.39 is 0 Å². The number of fused-ring (bicyclic) bond motifs is 1. The third-order valence-electron chi connectivity index (χ3n) is 5.19. The Bertz CT molecular complexity index is 611. The van der Waals surface area contributed by atoms with Gasteiger partial charge in [-0.2, -0.15) is 0 Å². The lowest BCUT2D eigenvalue weighted by Gasteiger charge is -2.20. The molecule has 3 amide bonds. The largest absolute Gasteiger partial charge is 0.343 e. The van der Waals surface area contributed by atoms with Crippen LogP contribution in [0.1, 0.15) is 69.2 Å². The third-order valence-corrected chi connectivity index (χ3v) is 5.19. The molecular formula is C21H33N3O2. The highest BCUT2D eigenvalue weighted by molar-refractivity contribution is 5.76. The van der Waals surface area contributed by atoms with Gasteiger partial charge in [0.15, 0.2) is 0 Å². The Hall–Kier alpha value is -2.04. The lowest BCUT2D eigenvalue weighted by molar-refractivity contribution is -0.130. The van der Waals surface area contributed by atoms with Crippen molar-refractivity contribution in [3.63, 3.8) is 0 Å². The fraction of sp³-hybridized carbons (Fsp3) is 0.619. The van der Waals surface area contributed by atoms with Crippen LogP contribution >= 0.6 is 0 Å². The van der Waals surface area contributed by atoms with Gasteiger partial charge in [-0.1, -0.05) is 18.2 Å². The SMILES string of the molecule is CCN(CC)C(=O)CCCNC(=O)NC(C)c1ccc2c(c1)CCCC2. The second-order valence-electron chi connectivity index (χ2n) is 7.03. The van der Waals surface area contributed by atoms with Crippen LogP contribution in [0, 0.1) is 0 Å². The molecule has 0 spiro atoms. The molecule has 5 heteroatoms. The van der Waals surface area contributed by atoms with E-state index in [2.05, 4.69) is 28.8 Å². The molecule has 0 fully saturated rings. The van der Waals surface area contributed by atoms with Crippen LogP contribution in [0.2, 0.25) is 0 Å². The van der Waals surface area contributed by atoms with Gasteiger partial charge in [0.1, 0.15) is 0 Å². The number of nitrogens with zero attached hydrogens (tertiary/aromatic N) is 1. The monoisotopic (exact) mass is 359 g/mol. The molecule has 0 bridgehead atoms. The zero-order valence-electron chi connectivity index (χ0n) is 16.4. The predicted molar refractivity (Wildman–Crippen MR) is 105 cm³/mol. The lowest BCUT2D eigenvalue weighted by Crippen LogP contribution is -2.38. The number of carbonyl (C=O) groups is 2. The summed E-state index contributed by atoms with van der Waals surface area (Å²) in [5, 5.41) is 5.85. The van der Waals surface area contributed by atoms with Crippen molar-refractivity contribution in [2.24, 2.45) is 0 Å². The second-order valence-corrected chi connectivity index (χ2v) is 7.03. The number of hydrogen-bond donors (Lipinski definition) is 2. The molecule has 0 aromatic heterocycles. The quantitative estimate of drug-likeness (QED) is 0.697. The van der Waals surface area contributed by atoms with Crippen molar-refractivity contribution in [3.8, 4) is 0 Å². The Morgan fingerprint density at radius 3 is 2.50 bits per heavy atom. The van der Waals surface area contributed by atoms with Crippen LogP contribution in [0.15, 0.2) is 18.2 Å². The van der Waals surface area contributed by atoms with Crippen molar-refractivity contribution in [2.75, 3.05) is 19.6 Å². The minimum atomic E-state index is -0.175. The minimum absolute atomic E-state index is 0.0282. The third kappa shape index (κ3) is 5.75. The number of benzene rings is 1. The van der Waals surface area contributed by atoms with Crippen molar-refractivity contribution in [1.82, 2.24) is 15.5 Å². The molecule has 1 aliphatic carbocycles. The number of hydrogen-bond acceptors (Lipinski definition) is 2. The van der Waals surface area contributed by atoms with Crippen LogP contribution in [0.25, 0.3) is 0 Å². The van der Waals surface area contributed by atoms with E-state index in [0.29, 0.717) is 19.4 Å². The summed E-state index contributed by atoms with van der Waals surface area (Å²) < 4.78 is 0. The van der Waals surface area contributed by atoms with Gasteiger partial charge in [0.25, 0.3) is 0 Å². The maximum atomic E-state index is 12.1. The molecule has 2 N–H and O–H groups in total. The van der Waals surface area contributed by atoms with Crippen LogP contribution in [-0.2, 0) is 17.6 Å². The van der Waals surface area contributed by atoms with Crippen molar-refractivity contribution in [3.05, 3.63) is 34.9 Å². The Morgan fingerprint density at radius 2 is 1.81 bits per heavy atom. The van der Waals surface area contributed by atoms with Gasteiger partial charge in [0, 0.05) is 26.1 Å². The summed E-state index contributed by atoms with van der Waals surface area (Å²) in [5.74, 6) is 0.152. The number of nitrogens with one attached hydrogen (secondary N) is 2. The molecule has 26 heavy (non-hydrogen) atoms. The van der Waals surface area contributed by atoms with E-state index in [1.165, 1.54) is 30.4 Å². The van der Waals surface area contributed by atoms with E-state index in [4.69, 9.17) is 0 Å². The Balaban J connectivity index is 1.73. The van der Waals surface area contributed by atoms with Crippen molar-refractivity contribution >= 4 is 11.9 Å². The predicted octanol–water partition coefficient (Wildman–Crippen LogP) is 3.57. The molecular weight excluding hydrogens is 326 g/mol. The van der Waals surface area contributed by atoms with Gasteiger partial charge in [-0.3, -0.25) is 4.79 Å². The van der Waals surface area contributed by atoms with E-state index in [1.54, 1.807) is 0 Å². The highest BCUT2D eigenvalue weighted by Gasteiger charge is 2.14. The molecule has 5 nitrogen and oxygen atoms in total. The maximum Gasteiger partial charge on any atom is 0.315 e. The molecule has 1 unspecified atom stereocenters. The molecule has 0 aliphatic heterocycles. The van der Waals surface area contributed by atoms with E-state index in [0.717, 1.165) is 25.1 Å². The summed E-state index contributed by atoms with van der Waals surface area (Å²) in [6, 6.07) is 6.36. The van der Waals surface area contributed by atoms with Crippen LogP contribution in [0.3, 0.4) is 0 Å². The van der Waals surface area contributed by atoms with Gasteiger partial charge < -0.3 is 15.5 Å². The number of carbonyl (C=O) groups excluding carboxylic acids is 2. The first-order chi connectivity index (χ1) is 12.5. The molecule has 0 radical (unpaired) electrons. The summed E-state index contributed by atoms with van der Waals surface area (Å²) >= 11 is 0. The minimum Gasteiger partial charge on any atom is -0.343 e. The first-order valence-electron chi connectivity index (χ1n) is 9.99. The average molecular weight is 360 g/mol. The van der Waals surface area contributed by atoms with Crippen molar-refractivity contribution < 1.29 is 9.59 Å². The molecule has 0 saturated carbocycles. The van der Waals surface area contributed by atoms with Gasteiger partial charge in [-0.15, -0.1) is 0 Å². The average Bonchev–Trinajstić information content (AvgIpc) is 2.65. The maximum absolute atomic E-state index is 12.1. The van der Waals surface area contributed by atoms with Crippen molar-refractivity contribution in [2.45, 2.75) is 65.3 Å². The zero-order valence-corrected chi connectivity index (χ0v) is 16.4. The Labute approximate surface area is 157 Å². The van der Waals surface area contributed by atoms with Crippen molar-refractivity contribution in [1.29, 1.82) is 0 Å². The number of rotatable bonds is 8. The van der Waals surface area contributed by atoms with E-state index in [9.17, 15) is 9.59 Å². The van der Waals surface area contributed by atoms with Gasteiger partial charge in [-0.05, 0) is 69.6 Å². The Morgan fingerprint density at radius 1 is 1.12 bits per heavy atom. The van der Waals surface area contributed by atoms with E-state index in [1.807, 2.05) is 25.7 Å². The summed E-state index contributed by atoms with van der Waals surface area (Å²) in [5.41, 5.74) is 4.03. The fourth-order valence-corrected chi connectivity index (χ4v) is 3.53. The first kappa shape index (κ1) is 20.3. The zero-order chi connectivity index (χ0) is 18.9. The van der Waals surface area contributed by atoms with Gasteiger partial charge >= 0.3 is 6.03 Å². The molecule has 0 saturated heterocycles. The van der Waals surface area contributed by atoms with E-state index in [-0.39, 0.29) is 18.0 Å². The summed E-state index contributed by atoms with van der Waals surface area (Å²) in [6.07, 6.45) is 5.98. The van der Waals surface area contributed by atoms with Crippen LogP contribution in [-0.4, -0.2) is 36.5 Å². The first-order valence-corrected chi connectivity index (χ1v) is 9.99. The van der Waals surface area contributed by atoms with Crippen LogP contribution in [0.5, 0.6) is 0 Å². The Kier molecular flexibility index (Phi) is 7.95. The van der Waals surface area contributed by atoms with Gasteiger partial charge in [-0.25, -0.2) is 4.79 Å². The molecule has 2 rings (SSSR count). The molecule has 1 atom stereocenters. The molecule has 1 aliphatic rings. The van der Waals surface area contributed by atoms with Crippen LogP contribution in [0.4, 0.5) is 4.79 Å². The van der Waals surface area contributed by atoms with Crippen LogP contribution < -0.4 is 10.6 Å². The molecule has 0 heterocycles. The summed E-state index contributed by atoms with van der Waals surface area (Å²) in [6.45, 7) is 7.96. The molecule has 1 aromatic rings. The number of aryl methyl sites for hydroxylation is 2. The standard InChI is InChI=1S/C21H33N3O2/c1-4-24(5-2)20(25)11-8-14-22-21(26)23-16(3)18-13-12-17-9-6-7-10-19(17)15-18/h12-13,15-16H,4-11,14H2,1-3H3,(H2,22,23,26). The fourth-order valence-electron chi connectivity index (χ4n) is 3.53. The normalized spacial score (nSPS) is 14.3. The van der Waals surface area contributed by atoms with E-state index >= 15 is 0 Å². The van der Waals surface area contributed by atoms with Gasteiger partial charge in [0.05, 0.1) is 6.04 Å². The summed E-state index contributed by atoms with van der Waals surface area (Å²) in [7, 11) is 0. The second kappa shape index (κ2) is 10.2. The topological polar surface area (TPSA) is 61.4 Å². The number of urea groups is 1. The summed E-state index contributed by atoms with van der Waals surface area (Å²) in [4.78, 5) is 25.8. The number of amides is 3. The lowest BCUT2D eigenvalue weighted by atomic mass is 9.89.